The van der Waals surface area contributed by atoms with Gasteiger partial charge in [0.2, 0.25) is 5.91 Å². The maximum atomic E-state index is 12.1. The third kappa shape index (κ3) is 6.02. The molecule has 0 aliphatic carbocycles. The Morgan fingerprint density at radius 3 is 2.41 bits per heavy atom. The molecule has 0 bridgehead atoms. The Labute approximate surface area is 176 Å². The van der Waals surface area contributed by atoms with Gasteiger partial charge in [-0.2, -0.15) is 0 Å². The molecule has 3 aromatic rings. The predicted octanol–water partition coefficient (Wildman–Crippen LogP) is 5.59. The molecule has 0 unspecified atom stereocenters. The SMILES string of the molecule is O=C(/C=C/c1ccc(OCc2ccc(Br)cc2)cc1)Nc1ccccc1[N+](=O)[O-]. The molecule has 0 aliphatic rings. The number of hydrogen-bond donors (Lipinski definition) is 1. The van der Waals surface area contributed by atoms with Crippen LogP contribution in [0, 0.1) is 10.1 Å². The van der Waals surface area contributed by atoms with E-state index < -0.39 is 10.8 Å². The lowest BCUT2D eigenvalue weighted by Crippen LogP contribution is -2.09. The monoisotopic (exact) mass is 452 g/mol. The summed E-state index contributed by atoms with van der Waals surface area (Å²) < 4.78 is 6.76. The number of halogens is 1. The summed E-state index contributed by atoms with van der Waals surface area (Å²) in [6.07, 6.45) is 2.96. The van der Waals surface area contributed by atoms with Crippen LogP contribution in [0.2, 0.25) is 0 Å². The van der Waals surface area contributed by atoms with Gasteiger partial charge in [0, 0.05) is 16.6 Å². The summed E-state index contributed by atoms with van der Waals surface area (Å²) in [6.45, 7) is 0.459. The van der Waals surface area contributed by atoms with Crippen molar-refractivity contribution in [1.82, 2.24) is 0 Å². The molecular formula is C22H17BrN2O4. The van der Waals surface area contributed by atoms with Crippen molar-refractivity contribution >= 4 is 39.3 Å². The summed E-state index contributed by atoms with van der Waals surface area (Å²) in [7, 11) is 0. The average Bonchev–Trinajstić information content (AvgIpc) is 2.73. The van der Waals surface area contributed by atoms with Crippen LogP contribution in [0.4, 0.5) is 11.4 Å². The topological polar surface area (TPSA) is 81.5 Å². The molecule has 29 heavy (non-hydrogen) atoms. The zero-order valence-corrected chi connectivity index (χ0v) is 16.8. The molecular weight excluding hydrogens is 436 g/mol. The third-order valence-electron chi connectivity index (χ3n) is 3.98. The van der Waals surface area contributed by atoms with Crippen LogP contribution in [-0.4, -0.2) is 10.8 Å². The lowest BCUT2D eigenvalue weighted by atomic mass is 10.2. The number of carbonyl (C=O) groups is 1. The van der Waals surface area contributed by atoms with Crippen molar-refractivity contribution in [2.24, 2.45) is 0 Å². The zero-order valence-electron chi connectivity index (χ0n) is 15.2. The van der Waals surface area contributed by atoms with Gasteiger partial charge in [0.05, 0.1) is 4.92 Å². The molecule has 3 aromatic carbocycles. The van der Waals surface area contributed by atoms with E-state index in [0.717, 1.165) is 21.3 Å². The Bertz CT molecular complexity index is 1030. The molecule has 0 saturated carbocycles. The van der Waals surface area contributed by atoms with E-state index >= 15 is 0 Å². The van der Waals surface area contributed by atoms with Crippen molar-refractivity contribution in [3.05, 3.63) is 105 Å². The summed E-state index contributed by atoms with van der Waals surface area (Å²) in [4.78, 5) is 22.5. The van der Waals surface area contributed by atoms with Gasteiger partial charge in [0.15, 0.2) is 0 Å². The van der Waals surface area contributed by atoms with Crippen LogP contribution in [-0.2, 0) is 11.4 Å². The number of nitrogens with zero attached hydrogens (tertiary/aromatic N) is 1. The number of ether oxygens (including phenoxy) is 1. The average molecular weight is 453 g/mol. The molecule has 3 rings (SSSR count). The first kappa shape index (κ1) is 20.3. The fourth-order valence-corrected chi connectivity index (χ4v) is 2.77. The lowest BCUT2D eigenvalue weighted by molar-refractivity contribution is -0.383. The number of amides is 1. The van der Waals surface area contributed by atoms with E-state index in [9.17, 15) is 14.9 Å². The highest BCUT2D eigenvalue weighted by Gasteiger charge is 2.13. The zero-order chi connectivity index (χ0) is 20.6. The minimum atomic E-state index is -0.535. The molecule has 146 valence electrons. The smallest absolute Gasteiger partial charge is 0.292 e. The van der Waals surface area contributed by atoms with Gasteiger partial charge in [-0.15, -0.1) is 0 Å². The van der Waals surface area contributed by atoms with Gasteiger partial charge in [0.1, 0.15) is 18.0 Å². The van der Waals surface area contributed by atoms with Crippen molar-refractivity contribution < 1.29 is 14.5 Å². The van der Waals surface area contributed by atoms with Crippen molar-refractivity contribution in [3.63, 3.8) is 0 Å². The Kier molecular flexibility index (Phi) is 6.76. The van der Waals surface area contributed by atoms with Crippen LogP contribution in [0.1, 0.15) is 11.1 Å². The second-order valence-corrected chi connectivity index (χ2v) is 7.00. The summed E-state index contributed by atoms with van der Waals surface area (Å²) >= 11 is 3.40. The fraction of sp³-hybridized carbons (Fsp3) is 0.0455. The van der Waals surface area contributed by atoms with Gasteiger partial charge in [-0.05, 0) is 47.5 Å². The normalized spacial score (nSPS) is 10.7. The van der Waals surface area contributed by atoms with E-state index in [4.69, 9.17) is 4.74 Å². The number of hydrogen-bond acceptors (Lipinski definition) is 4. The van der Waals surface area contributed by atoms with Crippen molar-refractivity contribution in [3.8, 4) is 5.75 Å². The maximum absolute atomic E-state index is 12.1. The number of nitro groups is 1. The van der Waals surface area contributed by atoms with Gasteiger partial charge in [-0.25, -0.2) is 0 Å². The number of nitro benzene ring substituents is 1. The Balaban J connectivity index is 1.56. The summed E-state index contributed by atoms with van der Waals surface area (Å²) in [5, 5.41) is 13.5. The van der Waals surface area contributed by atoms with E-state index in [1.54, 1.807) is 18.2 Å². The van der Waals surface area contributed by atoms with Gasteiger partial charge < -0.3 is 10.1 Å². The molecule has 1 amide bonds. The van der Waals surface area contributed by atoms with Crippen LogP contribution in [0.5, 0.6) is 5.75 Å². The molecule has 0 spiro atoms. The number of anilines is 1. The van der Waals surface area contributed by atoms with Crippen LogP contribution >= 0.6 is 15.9 Å². The second-order valence-electron chi connectivity index (χ2n) is 6.08. The van der Waals surface area contributed by atoms with Crippen LogP contribution in [0.15, 0.2) is 83.3 Å². The number of benzene rings is 3. The summed E-state index contributed by atoms with van der Waals surface area (Å²) in [6, 6.07) is 21.2. The highest BCUT2D eigenvalue weighted by atomic mass is 79.9. The van der Waals surface area contributed by atoms with Gasteiger partial charge in [-0.1, -0.05) is 52.3 Å². The molecule has 0 radical (unpaired) electrons. The standard InChI is InChI=1S/C22H17BrN2O4/c23-18-10-5-17(6-11-18)15-29-19-12-7-16(8-13-19)9-14-22(26)24-20-3-1-2-4-21(20)25(27)28/h1-14H,15H2,(H,24,26)/b14-9+. The largest absolute Gasteiger partial charge is 0.489 e. The molecule has 1 N–H and O–H groups in total. The predicted molar refractivity (Wildman–Crippen MR) is 116 cm³/mol. The van der Waals surface area contributed by atoms with Crippen molar-refractivity contribution in [1.29, 1.82) is 0 Å². The number of nitrogens with one attached hydrogen (secondary N) is 1. The Morgan fingerprint density at radius 2 is 1.72 bits per heavy atom. The molecule has 0 aromatic heterocycles. The molecule has 0 heterocycles. The highest BCUT2D eigenvalue weighted by Crippen LogP contribution is 2.23. The first-order valence-electron chi connectivity index (χ1n) is 8.71. The second kappa shape index (κ2) is 9.66. The maximum Gasteiger partial charge on any atom is 0.292 e. The minimum absolute atomic E-state index is 0.151. The van der Waals surface area contributed by atoms with E-state index in [1.165, 1.54) is 18.2 Å². The van der Waals surface area contributed by atoms with Gasteiger partial charge in [-0.3, -0.25) is 14.9 Å². The van der Waals surface area contributed by atoms with E-state index in [2.05, 4.69) is 21.2 Å². The fourth-order valence-electron chi connectivity index (χ4n) is 2.51. The highest BCUT2D eigenvalue weighted by molar-refractivity contribution is 9.10. The van der Waals surface area contributed by atoms with Crippen LogP contribution < -0.4 is 10.1 Å². The summed E-state index contributed by atoms with van der Waals surface area (Å²) in [5.74, 6) is 0.268. The molecule has 0 saturated heterocycles. The van der Waals surface area contributed by atoms with Gasteiger partial charge >= 0.3 is 0 Å². The van der Waals surface area contributed by atoms with E-state index in [0.29, 0.717) is 6.61 Å². The molecule has 0 atom stereocenters. The van der Waals surface area contributed by atoms with Gasteiger partial charge in [0.25, 0.3) is 5.69 Å². The molecule has 0 fully saturated rings. The molecule has 6 nitrogen and oxygen atoms in total. The third-order valence-corrected chi connectivity index (χ3v) is 4.51. The quantitative estimate of drug-likeness (QED) is 0.287. The molecule has 0 aliphatic heterocycles. The van der Waals surface area contributed by atoms with E-state index in [-0.39, 0.29) is 11.4 Å². The lowest BCUT2D eigenvalue weighted by Gasteiger charge is -2.07. The molecule has 7 heteroatoms. The Morgan fingerprint density at radius 1 is 1.03 bits per heavy atom. The van der Waals surface area contributed by atoms with Crippen molar-refractivity contribution in [2.75, 3.05) is 5.32 Å². The first-order valence-corrected chi connectivity index (χ1v) is 9.50. The Hall–Kier alpha value is -3.45. The van der Waals surface area contributed by atoms with Crippen LogP contribution in [0.25, 0.3) is 6.08 Å². The number of carbonyl (C=O) groups excluding carboxylic acids is 1. The van der Waals surface area contributed by atoms with Crippen LogP contribution in [0.3, 0.4) is 0 Å². The first-order chi connectivity index (χ1) is 14.0. The number of para-hydroxylation sites is 2. The van der Waals surface area contributed by atoms with E-state index in [1.807, 2.05) is 48.5 Å². The van der Waals surface area contributed by atoms with Crippen molar-refractivity contribution in [2.45, 2.75) is 6.61 Å². The minimum Gasteiger partial charge on any atom is -0.489 e. The summed E-state index contributed by atoms with van der Waals surface area (Å²) in [5.41, 5.74) is 1.87. The number of rotatable bonds is 7.